The third kappa shape index (κ3) is 6.14. The van der Waals surface area contributed by atoms with Gasteiger partial charge in [0.05, 0.1) is 29.7 Å². The lowest BCUT2D eigenvalue weighted by Crippen LogP contribution is -2.15. The lowest BCUT2D eigenvalue weighted by atomic mass is 10.1. The van der Waals surface area contributed by atoms with E-state index in [0.717, 1.165) is 5.56 Å². The molecule has 0 radical (unpaired) electrons. The van der Waals surface area contributed by atoms with Crippen molar-refractivity contribution in [3.63, 3.8) is 0 Å². The highest BCUT2D eigenvalue weighted by atomic mass is 32.2. The maximum Gasteiger partial charge on any atom is 0.156 e. The third-order valence-corrected chi connectivity index (χ3v) is 6.01. The molecule has 0 aliphatic rings. The van der Waals surface area contributed by atoms with Gasteiger partial charge in [-0.2, -0.15) is 5.10 Å². The van der Waals surface area contributed by atoms with Crippen LogP contribution in [-0.4, -0.2) is 43.4 Å². The Bertz CT molecular complexity index is 1270. The predicted molar refractivity (Wildman–Crippen MR) is 133 cm³/mol. The topological polar surface area (TPSA) is 128 Å². The fourth-order valence-corrected chi connectivity index (χ4v) is 3.83. The number of carbonyl (C=O) groups excluding carboxylic acids is 1. The molecular weight excluding hydrogens is 471 g/mol. The molecule has 1 atom stereocenters. The van der Waals surface area contributed by atoms with Gasteiger partial charge in [-0.15, -0.1) is 0 Å². The number of ether oxygens (including phenoxy) is 1. The lowest BCUT2D eigenvalue weighted by molar-refractivity contribution is 0.112. The van der Waals surface area contributed by atoms with Crippen LogP contribution in [-0.2, 0) is 17.8 Å². The second kappa shape index (κ2) is 11.4. The molecule has 11 heteroatoms. The number of aldehydes is 1. The Morgan fingerprint density at radius 2 is 2.03 bits per heavy atom. The van der Waals surface area contributed by atoms with Crippen molar-refractivity contribution in [2.75, 3.05) is 22.4 Å². The Hall–Kier alpha value is -3.96. The number of aromatic amines is 1. The Morgan fingerprint density at radius 3 is 2.74 bits per heavy atom. The first kappa shape index (κ1) is 24.2. The van der Waals surface area contributed by atoms with Gasteiger partial charge in [0.15, 0.2) is 6.29 Å². The van der Waals surface area contributed by atoms with Gasteiger partial charge in [0, 0.05) is 24.4 Å². The number of halogens is 1. The molecule has 0 aliphatic carbocycles. The SMILES string of the molecule is CC[S+]([O-])Nc1ccc(-c2n[nH]c(Nc3cnccn3)c2C=O)cc1OCCc1ccc(F)cc1. The lowest BCUT2D eigenvalue weighted by Gasteiger charge is -2.16. The van der Waals surface area contributed by atoms with Crippen molar-refractivity contribution in [2.24, 2.45) is 0 Å². The normalized spacial score (nSPS) is 11.6. The maximum atomic E-state index is 13.2. The van der Waals surface area contributed by atoms with Crippen LogP contribution in [0.1, 0.15) is 22.8 Å². The molecular formula is C24H23FN6O3S. The van der Waals surface area contributed by atoms with Gasteiger partial charge in [0.2, 0.25) is 0 Å². The Labute approximate surface area is 204 Å². The van der Waals surface area contributed by atoms with Gasteiger partial charge in [-0.3, -0.25) is 14.9 Å². The van der Waals surface area contributed by atoms with Gasteiger partial charge in [-0.1, -0.05) is 18.2 Å². The average Bonchev–Trinajstić information content (AvgIpc) is 3.29. The molecule has 4 aromatic rings. The summed E-state index contributed by atoms with van der Waals surface area (Å²) in [5, 5.41) is 10.1. The summed E-state index contributed by atoms with van der Waals surface area (Å²) in [6.07, 6.45) is 5.85. The number of nitrogens with zero attached hydrogens (tertiary/aromatic N) is 3. The number of nitrogens with one attached hydrogen (secondary N) is 3. The number of benzene rings is 2. The van der Waals surface area contributed by atoms with E-state index in [1.165, 1.54) is 24.5 Å². The van der Waals surface area contributed by atoms with Crippen molar-refractivity contribution >= 4 is 35.0 Å². The standard InChI is InChI=1S/C24H23FN6O3S/c1-2-35(33)31-20-8-5-17(13-21(20)34-12-9-16-3-6-18(25)7-4-16)23-19(15-32)24(30-29-23)28-22-14-26-10-11-27-22/h3-8,10-11,13-15,31H,2,9,12H2,1H3,(H2,27,28,29,30). The maximum absolute atomic E-state index is 13.2. The van der Waals surface area contributed by atoms with Crippen molar-refractivity contribution in [2.45, 2.75) is 13.3 Å². The molecule has 9 nitrogen and oxygen atoms in total. The summed E-state index contributed by atoms with van der Waals surface area (Å²) in [5.41, 5.74) is 2.82. The summed E-state index contributed by atoms with van der Waals surface area (Å²) < 4.78 is 34.2. The fourth-order valence-electron chi connectivity index (χ4n) is 3.27. The highest BCUT2D eigenvalue weighted by Gasteiger charge is 2.18. The van der Waals surface area contributed by atoms with E-state index in [4.69, 9.17) is 4.74 Å². The zero-order valence-corrected chi connectivity index (χ0v) is 19.6. The van der Waals surface area contributed by atoms with Crippen molar-refractivity contribution in [1.29, 1.82) is 0 Å². The van der Waals surface area contributed by atoms with Crippen molar-refractivity contribution in [1.82, 2.24) is 20.2 Å². The summed E-state index contributed by atoms with van der Waals surface area (Å²) in [6, 6.07) is 11.4. The molecule has 35 heavy (non-hydrogen) atoms. The van der Waals surface area contributed by atoms with E-state index >= 15 is 0 Å². The molecule has 0 aliphatic heterocycles. The number of carbonyl (C=O) groups is 1. The zero-order chi connectivity index (χ0) is 24.6. The smallest absolute Gasteiger partial charge is 0.156 e. The van der Waals surface area contributed by atoms with Crippen LogP contribution in [0.4, 0.5) is 21.7 Å². The molecule has 2 aromatic carbocycles. The fraction of sp³-hybridized carbons (Fsp3) is 0.167. The predicted octanol–water partition coefficient (Wildman–Crippen LogP) is 4.28. The molecule has 2 aromatic heterocycles. The van der Waals surface area contributed by atoms with Gasteiger partial charge < -0.3 is 14.6 Å². The molecule has 4 rings (SSSR count). The summed E-state index contributed by atoms with van der Waals surface area (Å²) >= 11 is -1.28. The third-order valence-electron chi connectivity index (χ3n) is 5.04. The highest BCUT2D eigenvalue weighted by molar-refractivity contribution is 7.92. The second-order valence-corrected chi connectivity index (χ2v) is 8.84. The van der Waals surface area contributed by atoms with Gasteiger partial charge in [0.25, 0.3) is 0 Å². The van der Waals surface area contributed by atoms with Gasteiger partial charge in [-0.25, -0.2) is 14.1 Å². The van der Waals surface area contributed by atoms with Crippen molar-refractivity contribution in [3.05, 3.63) is 78.0 Å². The van der Waals surface area contributed by atoms with Crippen molar-refractivity contribution < 1.29 is 18.5 Å². The van der Waals surface area contributed by atoms with E-state index in [-0.39, 0.29) is 5.82 Å². The van der Waals surface area contributed by atoms with Crippen LogP contribution in [0.3, 0.4) is 0 Å². The number of aromatic nitrogens is 4. The van der Waals surface area contributed by atoms with Gasteiger partial charge >= 0.3 is 0 Å². The monoisotopic (exact) mass is 494 g/mol. The highest BCUT2D eigenvalue weighted by Crippen LogP contribution is 2.34. The van der Waals surface area contributed by atoms with Crippen LogP contribution in [0.2, 0.25) is 0 Å². The number of anilines is 3. The minimum absolute atomic E-state index is 0.297. The molecule has 0 amide bonds. The molecule has 2 heterocycles. The van der Waals surface area contributed by atoms with Crippen LogP contribution in [0.15, 0.2) is 61.1 Å². The van der Waals surface area contributed by atoms with Gasteiger partial charge in [-0.05, 0) is 36.8 Å². The first-order valence-corrected chi connectivity index (χ1v) is 12.1. The molecule has 0 saturated carbocycles. The molecule has 180 valence electrons. The van der Waals surface area contributed by atoms with Crippen LogP contribution < -0.4 is 14.8 Å². The Kier molecular flexibility index (Phi) is 7.91. The average molecular weight is 495 g/mol. The van der Waals surface area contributed by atoms with Crippen LogP contribution in [0, 0.1) is 5.82 Å². The first-order chi connectivity index (χ1) is 17.1. The summed E-state index contributed by atoms with van der Waals surface area (Å²) in [5.74, 6) is 1.41. The Balaban J connectivity index is 1.59. The second-order valence-electron chi connectivity index (χ2n) is 7.37. The zero-order valence-electron chi connectivity index (χ0n) is 18.8. The molecule has 1 unspecified atom stereocenters. The number of rotatable bonds is 11. The molecule has 0 bridgehead atoms. The summed E-state index contributed by atoms with van der Waals surface area (Å²) in [6.45, 7) is 2.11. The van der Waals surface area contributed by atoms with E-state index in [0.29, 0.717) is 65.0 Å². The summed E-state index contributed by atoms with van der Waals surface area (Å²) in [7, 11) is 0. The van der Waals surface area contributed by atoms with E-state index in [1.54, 1.807) is 43.5 Å². The summed E-state index contributed by atoms with van der Waals surface area (Å²) in [4.78, 5) is 20.0. The van der Waals surface area contributed by atoms with E-state index in [9.17, 15) is 13.7 Å². The van der Waals surface area contributed by atoms with Crippen LogP contribution in [0.25, 0.3) is 11.3 Å². The number of hydrogen-bond donors (Lipinski definition) is 3. The molecule has 3 N–H and O–H groups in total. The quantitative estimate of drug-likeness (QED) is 0.208. The minimum Gasteiger partial charge on any atom is -0.593 e. The van der Waals surface area contributed by atoms with E-state index < -0.39 is 11.4 Å². The number of H-pyrrole nitrogens is 1. The Morgan fingerprint density at radius 1 is 1.20 bits per heavy atom. The number of hydrogen-bond acceptors (Lipinski definition) is 8. The van der Waals surface area contributed by atoms with E-state index in [1.807, 2.05) is 0 Å². The van der Waals surface area contributed by atoms with E-state index in [2.05, 4.69) is 30.2 Å². The van der Waals surface area contributed by atoms with Crippen LogP contribution in [0.5, 0.6) is 5.75 Å². The van der Waals surface area contributed by atoms with Crippen molar-refractivity contribution in [3.8, 4) is 17.0 Å². The minimum atomic E-state index is -1.28. The molecule has 0 saturated heterocycles. The van der Waals surface area contributed by atoms with Gasteiger partial charge in [0.1, 0.15) is 40.3 Å². The van der Waals surface area contributed by atoms with Crippen LogP contribution >= 0.6 is 0 Å². The first-order valence-electron chi connectivity index (χ1n) is 10.8. The molecule has 0 fully saturated rings. The molecule has 0 spiro atoms. The largest absolute Gasteiger partial charge is 0.593 e.